The summed E-state index contributed by atoms with van der Waals surface area (Å²) in [5, 5.41) is 10.4. The maximum Gasteiger partial charge on any atom is 0.323 e. The Hall–Kier alpha value is -1.06. The summed E-state index contributed by atoms with van der Waals surface area (Å²) < 4.78 is 0. The van der Waals surface area contributed by atoms with Gasteiger partial charge in [-0.3, -0.25) is 9.69 Å². The Labute approximate surface area is 124 Å². The predicted molar refractivity (Wildman–Crippen MR) is 79.1 cm³/mol. The third-order valence-electron chi connectivity index (χ3n) is 4.93. The Kier molecular flexibility index (Phi) is 3.51. The van der Waals surface area contributed by atoms with Crippen molar-refractivity contribution < 1.29 is 9.90 Å². The number of likely N-dealkylation sites (tertiary alicyclic amines) is 1. The van der Waals surface area contributed by atoms with Crippen molar-refractivity contribution in [2.45, 2.75) is 50.6 Å². The number of carboxylic acid groups (broad SMARTS) is 1. The fourth-order valence-corrected chi connectivity index (χ4v) is 3.95. The van der Waals surface area contributed by atoms with Crippen molar-refractivity contribution in [3.05, 3.63) is 34.3 Å². The summed E-state index contributed by atoms with van der Waals surface area (Å²) >= 11 is 6.06. The van der Waals surface area contributed by atoms with Crippen LogP contribution in [-0.2, 0) is 11.2 Å². The second-order valence-corrected chi connectivity index (χ2v) is 6.56. The Balaban J connectivity index is 1.95. The van der Waals surface area contributed by atoms with E-state index in [1.54, 1.807) is 0 Å². The number of carboxylic acids is 1. The van der Waals surface area contributed by atoms with E-state index in [0.29, 0.717) is 0 Å². The minimum atomic E-state index is -0.732. The minimum Gasteiger partial charge on any atom is -0.480 e. The third kappa shape index (κ3) is 2.13. The highest BCUT2D eigenvalue weighted by molar-refractivity contribution is 6.30. The maximum absolute atomic E-state index is 11.7. The van der Waals surface area contributed by atoms with Crippen LogP contribution in [0.25, 0.3) is 0 Å². The van der Waals surface area contributed by atoms with Crippen LogP contribution in [0.1, 0.15) is 49.8 Å². The lowest BCUT2D eigenvalue weighted by Gasteiger charge is -2.45. The van der Waals surface area contributed by atoms with E-state index < -0.39 is 11.5 Å². The third-order valence-corrected chi connectivity index (χ3v) is 5.17. The summed E-state index contributed by atoms with van der Waals surface area (Å²) in [6, 6.07) is 6.25. The van der Waals surface area contributed by atoms with E-state index in [4.69, 9.17) is 11.6 Å². The van der Waals surface area contributed by atoms with Gasteiger partial charge >= 0.3 is 5.97 Å². The molecule has 0 aromatic heterocycles. The summed E-state index contributed by atoms with van der Waals surface area (Å²) in [4.78, 5) is 14.0. The standard InChI is InChI=1S/C16H20ClNO2/c1-16(15(19)20)8-2-3-9-18(16)14-7-4-11-10-12(17)5-6-13(11)14/h5-6,10,14H,2-4,7-9H2,1H3,(H,19,20). The smallest absolute Gasteiger partial charge is 0.323 e. The zero-order chi connectivity index (χ0) is 14.3. The highest BCUT2D eigenvalue weighted by atomic mass is 35.5. The molecule has 1 heterocycles. The van der Waals surface area contributed by atoms with Crippen LogP contribution in [-0.4, -0.2) is 28.1 Å². The van der Waals surface area contributed by atoms with Crippen LogP contribution >= 0.6 is 11.6 Å². The highest BCUT2D eigenvalue weighted by Gasteiger charge is 2.46. The average molecular weight is 294 g/mol. The maximum atomic E-state index is 11.7. The Morgan fingerprint density at radius 1 is 1.45 bits per heavy atom. The molecular formula is C16H20ClNO2. The van der Waals surface area contributed by atoms with Gasteiger partial charge in [0.25, 0.3) is 0 Å². The number of fused-ring (bicyclic) bond motifs is 1. The van der Waals surface area contributed by atoms with Gasteiger partial charge in [-0.15, -0.1) is 0 Å². The number of benzene rings is 1. The van der Waals surface area contributed by atoms with E-state index in [0.717, 1.165) is 43.7 Å². The highest BCUT2D eigenvalue weighted by Crippen LogP contribution is 2.43. The molecule has 0 radical (unpaired) electrons. The molecule has 1 aromatic rings. The van der Waals surface area contributed by atoms with Gasteiger partial charge in [0.15, 0.2) is 0 Å². The van der Waals surface area contributed by atoms with Crippen LogP contribution in [0, 0.1) is 0 Å². The molecule has 108 valence electrons. The van der Waals surface area contributed by atoms with E-state index in [1.807, 2.05) is 19.1 Å². The number of aliphatic carboxylic acids is 1. The summed E-state index contributed by atoms with van der Waals surface area (Å²) in [5.74, 6) is -0.695. The Bertz CT molecular complexity index is 545. The van der Waals surface area contributed by atoms with Gasteiger partial charge in [0.1, 0.15) is 5.54 Å². The Morgan fingerprint density at radius 3 is 3.00 bits per heavy atom. The summed E-state index contributed by atoms with van der Waals surface area (Å²) in [6.45, 7) is 2.75. The molecule has 2 unspecified atom stereocenters. The topological polar surface area (TPSA) is 40.5 Å². The number of aryl methyl sites for hydroxylation is 1. The molecule has 0 amide bonds. The summed E-state index contributed by atoms with van der Waals surface area (Å²) in [6.07, 6.45) is 4.81. The van der Waals surface area contributed by atoms with Gasteiger partial charge in [-0.2, -0.15) is 0 Å². The van der Waals surface area contributed by atoms with E-state index in [-0.39, 0.29) is 6.04 Å². The fraction of sp³-hybridized carbons (Fsp3) is 0.562. The van der Waals surface area contributed by atoms with Gasteiger partial charge in [0.2, 0.25) is 0 Å². The van der Waals surface area contributed by atoms with Crippen molar-refractivity contribution in [2.24, 2.45) is 0 Å². The predicted octanol–water partition coefficient (Wildman–Crippen LogP) is 3.66. The first-order chi connectivity index (χ1) is 9.52. The molecule has 1 aromatic carbocycles. The van der Waals surface area contributed by atoms with Crippen LogP contribution in [0.5, 0.6) is 0 Å². The van der Waals surface area contributed by atoms with E-state index in [1.165, 1.54) is 11.1 Å². The van der Waals surface area contributed by atoms with Crippen LogP contribution in [0.2, 0.25) is 5.02 Å². The number of nitrogens with zero attached hydrogens (tertiary/aromatic N) is 1. The molecule has 2 aliphatic rings. The van der Waals surface area contributed by atoms with E-state index in [2.05, 4.69) is 11.0 Å². The van der Waals surface area contributed by atoms with Crippen molar-refractivity contribution in [3.63, 3.8) is 0 Å². The molecule has 1 N–H and O–H groups in total. The van der Waals surface area contributed by atoms with E-state index >= 15 is 0 Å². The molecule has 1 saturated heterocycles. The number of carbonyl (C=O) groups is 1. The number of hydrogen-bond acceptors (Lipinski definition) is 2. The molecule has 1 aliphatic heterocycles. The lowest BCUT2D eigenvalue weighted by Crippen LogP contribution is -2.55. The normalized spacial score (nSPS) is 30.2. The van der Waals surface area contributed by atoms with Crippen LogP contribution in [0.15, 0.2) is 18.2 Å². The van der Waals surface area contributed by atoms with Gasteiger partial charge in [-0.25, -0.2) is 0 Å². The van der Waals surface area contributed by atoms with Crippen molar-refractivity contribution in [1.82, 2.24) is 4.90 Å². The van der Waals surface area contributed by atoms with Crippen molar-refractivity contribution in [1.29, 1.82) is 0 Å². The zero-order valence-electron chi connectivity index (χ0n) is 11.7. The monoisotopic (exact) mass is 293 g/mol. The molecule has 1 fully saturated rings. The molecule has 3 nitrogen and oxygen atoms in total. The molecule has 20 heavy (non-hydrogen) atoms. The molecule has 0 saturated carbocycles. The van der Waals surface area contributed by atoms with Crippen molar-refractivity contribution >= 4 is 17.6 Å². The number of hydrogen-bond donors (Lipinski definition) is 1. The molecule has 1 aliphatic carbocycles. The first-order valence-corrected chi connectivity index (χ1v) is 7.68. The first kappa shape index (κ1) is 13.9. The average Bonchev–Trinajstić information content (AvgIpc) is 2.81. The lowest BCUT2D eigenvalue weighted by atomic mass is 9.86. The minimum absolute atomic E-state index is 0.226. The van der Waals surface area contributed by atoms with Crippen LogP contribution in [0.4, 0.5) is 0 Å². The van der Waals surface area contributed by atoms with Gasteiger partial charge in [-0.1, -0.05) is 17.7 Å². The molecule has 2 atom stereocenters. The molecular weight excluding hydrogens is 274 g/mol. The number of rotatable bonds is 2. The zero-order valence-corrected chi connectivity index (χ0v) is 12.5. The largest absolute Gasteiger partial charge is 0.480 e. The molecule has 0 spiro atoms. The molecule has 0 bridgehead atoms. The van der Waals surface area contributed by atoms with Crippen molar-refractivity contribution in [3.8, 4) is 0 Å². The number of halogens is 1. The van der Waals surface area contributed by atoms with E-state index in [9.17, 15) is 9.90 Å². The molecule has 4 heteroatoms. The second kappa shape index (κ2) is 5.05. The second-order valence-electron chi connectivity index (χ2n) is 6.13. The van der Waals surface area contributed by atoms with Gasteiger partial charge < -0.3 is 5.11 Å². The van der Waals surface area contributed by atoms with Crippen LogP contribution in [0.3, 0.4) is 0 Å². The molecule has 3 rings (SSSR count). The summed E-state index contributed by atoms with van der Waals surface area (Å²) in [7, 11) is 0. The summed E-state index contributed by atoms with van der Waals surface area (Å²) in [5.41, 5.74) is 1.81. The van der Waals surface area contributed by atoms with Gasteiger partial charge in [0, 0.05) is 11.1 Å². The quantitative estimate of drug-likeness (QED) is 0.905. The lowest BCUT2D eigenvalue weighted by molar-refractivity contribution is -0.155. The Morgan fingerprint density at radius 2 is 2.25 bits per heavy atom. The number of piperidine rings is 1. The fourth-order valence-electron chi connectivity index (χ4n) is 3.76. The van der Waals surface area contributed by atoms with Gasteiger partial charge in [-0.05, 0) is 68.8 Å². The van der Waals surface area contributed by atoms with Gasteiger partial charge in [0.05, 0.1) is 0 Å². The van der Waals surface area contributed by atoms with Crippen molar-refractivity contribution in [2.75, 3.05) is 6.54 Å². The van der Waals surface area contributed by atoms with Crippen LogP contribution < -0.4 is 0 Å². The SMILES string of the molecule is CC1(C(=O)O)CCCCN1C1CCc2cc(Cl)ccc21. The first-order valence-electron chi connectivity index (χ1n) is 7.31.